The molecule has 0 aromatic heterocycles. The molecule has 1 atom stereocenters. The number of ether oxygens (including phenoxy) is 1. The number of hydrogen-bond donors (Lipinski definition) is 1. The van der Waals surface area contributed by atoms with Crippen molar-refractivity contribution in [2.75, 3.05) is 30.3 Å². The van der Waals surface area contributed by atoms with Crippen LogP contribution in [-0.4, -0.2) is 57.1 Å². The molecule has 2 amide bonds. The van der Waals surface area contributed by atoms with Crippen molar-refractivity contribution in [3.8, 4) is 5.75 Å². The molecule has 174 valence electrons. The molecule has 0 heterocycles. The van der Waals surface area contributed by atoms with Gasteiger partial charge in [-0.2, -0.15) is 0 Å². The zero-order valence-electron chi connectivity index (χ0n) is 18.9. The van der Waals surface area contributed by atoms with Crippen molar-refractivity contribution in [1.29, 1.82) is 0 Å². The van der Waals surface area contributed by atoms with E-state index in [1.165, 1.54) is 4.90 Å². The zero-order valence-corrected chi connectivity index (χ0v) is 19.8. The molecule has 2 rings (SSSR count). The number of rotatable bonds is 11. The van der Waals surface area contributed by atoms with Crippen molar-refractivity contribution in [3.63, 3.8) is 0 Å². The van der Waals surface area contributed by atoms with Crippen molar-refractivity contribution in [1.82, 2.24) is 10.2 Å². The molecule has 0 saturated carbocycles. The van der Waals surface area contributed by atoms with Crippen LogP contribution >= 0.6 is 0 Å². The molecular weight excluding hydrogens is 430 g/mol. The van der Waals surface area contributed by atoms with Crippen LogP contribution in [0.4, 0.5) is 5.69 Å². The number of carbonyl (C=O) groups is 2. The summed E-state index contributed by atoms with van der Waals surface area (Å²) in [4.78, 5) is 27.2. The first-order chi connectivity index (χ1) is 15.2. The predicted molar refractivity (Wildman–Crippen MR) is 125 cm³/mol. The van der Waals surface area contributed by atoms with Gasteiger partial charge < -0.3 is 15.0 Å². The van der Waals surface area contributed by atoms with Crippen LogP contribution in [0.2, 0.25) is 0 Å². The smallest absolute Gasteiger partial charge is 0.244 e. The Kier molecular flexibility index (Phi) is 9.07. The second-order valence-corrected chi connectivity index (χ2v) is 9.18. The van der Waals surface area contributed by atoms with Gasteiger partial charge in [0.1, 0.15) is 18.3 Å². The van der Waals surface area contributed by atoms with Crippen molar-refractivity contribution < 1.29 is 22.7 Å². The Bertz CT molecular complexity index is 994. The van der Waals surface area contributed by atoms with Crippen molar-refractivity contribution in [3.05, 3.63) is 60.2 Å². The Morgan fingerprint density at radius 1 is 1.03 bits per heavy atom. The van der Waals surface area contributed by atoms with Crippen molar-refractivity contribution in [2.45, 2.75) is 33.4 Å². The Balaban J connectivity index is 2.33. The molecule has 0 aliphatic rings. The van der Waals surface area contributed by atoms with Crippen molar-refractivity contribution in [2.24, 2.45) is 0 Å². The summed E-state index contributed by atoms with van der Waals surface area (Å²) < 4.78 is 31.5. The summed E-state index contributed by atoms with van der Waals surface area (Å²) in [7, 11) is -3.76. The largest absolute Gasteiger partial charge is 0.494 e. The minimum Gasteiger partial charge on any atom is -0.494 e. The predicted octanol–water partition coefficient (Wildman–Crippen LogP) is 2.40. The Hall–Kier alpha value is -3.07. The number of anilines is 1. The van der Waals surface area contributed by atoms with Crippen LogP contribution in [-0.2, 0) is 26.2 Å². The van der Waals surface area contributed by atoms with Gasteiger partial charge in [-0.15, -0.1) is 0 Å². The van der Waals surface area contributed by atoms with Crippen LogP contribution in [0.5, 0.6) is 5.75 Å². The highest BCUT2D eigenvalue weighted by atomic mass is 32.2. The lowest BCUT2D eigenvalue weighted by Gasteiger charge is -2.31. The molecule has 0 aliphatic carbocycles. The summed E-state index contributed by atoms with van der Waals surface area (Å²) in [5.41, 5.74) is 1.18. The van der Waals surface area contributed by atoms with Crippen molar-refractivity contribution >= 4 is 27.5 Å². The van der Waals surface area contributed by atoms with Gasteiger partial charge in [0.05, 0.1) is 18.6 Å². The minimum absolute atomic E-state index is 0.179. The van der Waals surface area contributed by atoms with Crippen LogP contribution in [0.3, 0.4) is 0 Å². The molecule has 9 heteroatoms. The van der Waals surface area contributed by atoms with Gasteiger partial charge in [-0.25, -0.2) is 8.42 Å². The van der Waals surface area contributed by atoms with E-state index in [1.54, 1.807) is 38.1 Å². The van der Waals surface area contributed by atoms with E-state index in [0.717, 1.165) is 16.1 Å². The summed E-state index contributed by atoms with van der Waals surface area (Å²) in [5.74, 6) is -0.178. The monoisotopic (exact) mass is 461 g/mol. The molecule has 0 bridgehead atoms. The normalized spacial score (nSPS) is 12.0. The Morgan fingerprint density at radius 3 is 2.19 bits per heavy atom. The SMILES string of the molecule is CCNC(=O)[C@@H](C)N(Cc1ccccc1)C(=O)CN(c1ccc(OCC)cc1)S(C)(=O)=O. The molecule has 0 unspecified atom stereocenters. The highest BCUT2D eigenvalue weighted by Crippen LogP contribution is 2.22. The molecule has 32 heavy (non-hydrogen) atoms. The van der Waals surface area contributed by atoms with Crippen LogP contribution in [0.15, 0.2) is 54.6 Å². The Labute approximate surface area is 190 Å². The molecular formula is C23H31N3O5S. The second-order valence-electron chi connectivity index (χ2n) is 7.27. The fourth-order valence-corrected chi connectivity index (χ4v) is 4.02. The first-order valence-corrected chi connectivity index (χ1v) is 12.3. The van der Waals surface area contributed by atoms with Gasteiger partial charge in [0.25, 0.3) is 0 Å². The molecule has 0 spiro atoms. The summed E-state index contributed by atoms with van der Waals surface area (Å²) in [6.07, 6.45) is 1.05. The van der Waals surface area contributed by atoms with E-state index in [4.69, 9.17) is 4.74 Å². The molecule has 8 nitrogen and oxygen atoms in total. The fourth-order valence-electron chi connectivity index (χ4n) is 3.17. The topological polar surface area (TPSA) is 96.0 Å². The maximum Gasteiger partial charge on any atom is 0.244 e. The first kappa shape index (κ1) is 25.2. The lowest BCUT2D eigenvalue weighted by atomic mass is 10.1. The van der Waals surface area contributed by atoms with Crippen LogP contribution in [0.1, 0.15) is 26.3 Å². The van der Waals surface area contributed by atoms with E-state index < -0.39 is 28.5 Å². The van der Waals surface area contributed by atoms with Gasteiger partial charge in [-0.1, -0.05) is 30.3 Å². The third-order valence-electron chi connectivity index (χ3n) is 4.83. The molecule has 2 aromatic carbocycles. The standard InChI is InChI=1S/C23H31N3O5S/c1-5-24-23(28)18(3)25(16-19-10-8-7-9-11-19)22(27)17-26(32(4,29)30)20-12-14-21(15-13-20)31-6-2/h7-15,18H,5-6,16-17H2,1-4H3,(H,24,28)/t18-/m1/s1. The van der Waals surface area contributed by atoms with Crippen LogP contribution in [0, 0.1) is 0 Å². The lowest BCUT2D eigenvalue weighted by Crippen LogP contribution is -2.51. The van der Waals surface area contributed by atoms with E-state index in [0.29, 0.717) is 24.6 Å². The van der Waals surface area contributed by atoms with E-state index >= 15 is 0 Å². The second kappa shape index (κ2) is 11.5. The van der Waals surface area contributed by atoms with E-state index in [-0.39, 0.29) is 12.5 Å². The maximum atomic E-state index is 13.3. The molecule has 0 radical (unpaired) electrons. The number of nitrogens with one attached hydrogen (secondary N) is 1. The number of carbonyl (C=O) groups excluding carboxylic acids is 2. The molecule has 0 saturated heterocycles. The number of likely N-dealkylation sites (N-methyl/N-ethyl adjacent to an activating group) is 1. The quantitative estimate of drug-likeness (QED) is 0.554. The van der Waals surface area contributed by atoms with Gasteiger partial charge in [0, 0.05) is 13.1 Å². The molecule has 1 N–H and O–H groups in total. The third-order valence-corrected chi connectivity index (χ3v) is 5.97. The van der Waals surface area contributed by atoms with Gasteiger partial charge in [0.15, 0.2) is 0 Å². The van der Waals surface area contributed by atoms with Crippen LogP contribution < -0.4 is 14.4 Å². The minimum atomic E-state index is -3.76. The number of nitrogens with zero attached hydrogens (tertiary/aromatic N) is 2. The van der Waals surface area contributed by atoms with E-state index in [2.05, 4.69) is 5.32 Å². The summed E-state index contributed by atoms with van der Waals surface area (Å²) >= 11 is 0. The number of benzene rings is 2. The summed E-state index contributed by atoms with van der Waals surface area (Å²) in [6, 6.07) is 15.0. The van der Waals surface area contributed by atoms with E-state index in [9.17, 15) is 18.0 Å². The number of hydrogen-bond acceptors (Lipinski definition) is 5. The van der Waals surface area contributed by atoms with Crippen LogP contribution in [0.25, 0.3) is 0 Å². The molecule has 0 aliphatic heterocycles. The van der Waals surface area contributed by atoms with E-state index in [1.807, 2.05) is 37.3 Å². The average Bonchev–Trinajstić information content (AvgIpc) is 2.76. The first-order valence-electron chi connectivity index (χ1n) is 10.5. The number of sulfonamides is 1. The maximum absolute atomic E-state index is 13.3. The summed E-state index contributed by atoms with van der Waals surface area (Å²) in [6.45, 7) is 5.95. The molecule has 0 fully saturated rings. The van der Waals surface area contributed by atoms with Gasteiger partial charge in [-0.05, 0) is 50.6 Å². The average molecular weight is 462 g/mol. The number of amides is 2. The molecule has 2 aromatic rings. The fraction of sp³-hybridized carbons (Fsp3) is 0.391. The Morgan fingerprint density at radius 2 is 1.66 bits per heavy atom. The van der Waals surface area contributed by atoms with Gasteiger partial charge in [-0.3, -0.25) is 13.9 Å². The van der Waals surface area contributed by atoms with Gasteiger partial charge >= 0.3 is 0 Å². The third kappa shape index (κ3) is 6.98. The highest BCUT2D eigenvalue weighted by molar-refractivity contribution is 7.92. The highest BCUT2D eigenvalue weighted by Gasteiger charge is 2.29. The lowest BCUT2D eigenvalue weighted by molar-refractivity contribution is -0.139. The summed E-state index contributed by atoms with van der Waals surface area (Å²) in [5, 5.41) is 2.72. The zero-order chi connectivity index (χ0) is 23.7. The van der Waals surface area contributed by atoms with Gasteiger partial charge in [0.2, 0.25) is 21.8 Å².